The summed E-state index contributed by atoms with van der Waals surface area (Å²) < 4.78 is 21.9. The molecule has 1 aromatic carbocycles. The van der Waals surface area contributed by atoms with Crippen molar-refractivity contribution in [3.05, 3.63) is 34.7 Å². The fourth-order valence-corrected chi connectivity index (χ4v) is 3.28. The Hall–Kier alpha value is -2.46. The first kappa shape index (κ1) is 20.3. The molecule has 2 heterocycles. The molecule has 9 nitrogen and oxygen atoms in total. The van der Waals surface area contributed by atoms with Gasteiger partial charge < -0.3 is 34.2 Å². The van der Waals surface area contributed by atoms with Crippen molar-refractivity contribution in [1.29, 1.82) is 0 Å². The van der Waals surface area contributed by atoms with Crippen LogP contribution in [-0.2, 0) is 14.3 Å². The number of amides is 1. The molecule has 2 aromatic rings. The molecular weight excluding hydrogens is 370 g/mol. The maximum absolute atomic E-state index is 12.0. The van der Waals surface area contributed by atoms with Crippen LogP contribution in [0.2, 0.25) is 0 Å². The summed E-state index contributed by atoms with van der Waals surface area (Å²) in [6.07, 6.45) is -4.44. The first-order valence-corrected chi connectivity index (χ1v) is 8.71. The van der Waals surface area contributed by atoms with Crippen molar-refractivity contribution < 1.29 is 33.6 Å². The Labute approximate surface area is 160 Å². The fourth-order valence-electron chi connectivity index (χ4n) is 3.28. The number of anilines is 1. The Kier molecular flexibility index (Phi) is 5.44. The average molecular weight is 393 g/mol. The molecule has 1 aliphatic heterocycles. The third-order valence-corrected chi connectivity index (χ3v) is 4.57. The second-order valence-electron chi connectivity index (χ2n) is 7.17. The molecule has 0 spiro atoms. The summed E-state index contributed by atoms with van der Waals surface area (Å²) in [5, 5.41) is 23.6. The summed E-state index contributed by atoms with van der Waals surface area (Å²) in [6, 6.07) is 6.19. The van der Waals surface area contributed by atoms with Gasteiger partial charge in [0.1, 0.15) is 35.3 Å². The van der Waals surface area contributed by atoms with E-state index in [-0.39, 0.29) is 22.9 Å². The number of fused-ring (bicyclic) bond motifs is 1. The Balaban J connectivity index is 1.86. The fraction of sp³-hybridized carbons (Fsp3) is 0.474. The van der Waals surface area contributed by atoms with Crippen molar-refractivity contribution in [3.8, 4) is 5.75 Å². The minimum Gasteiger partial charge on any atom is -0.462 e. The van der Waals surface area contributed by atoms with Gasteiger partial charge in [-0.25, -0.2) is 4.79 Å². The second-order valence-corrected chi connectivity index (χ2v) is 7.17. The van der Waals surface area contributed by atoms with Crippen molar-refractivity contribution in [2.75, 3.05) is 12.4 Å². The molecule has 0 aliphatic carbocycles. The summed E-state index contributed by atoms with van der Waals surface area (Å²) in [7, 11) is 1.42. The number of nitrogens with one attached hydrogen (secondary N) is 1. The summed E-state index contributed by atoms with van der Waals surface area (Å²) in [6.45, 7) is 4.73. The molecule has 1 aromatic heterocycles. The molecule has 0 bridgehead atoms. The Bertz CT molecular complexity index is 937. The van der Waals surface area contributed by atoms with Gasteiger partial charge in [-0.1, -0.05) is 0 Å². The number of ether oxygens (including phenoxy) is 3. The van der Waals surface area contributed by atoms with E-state index in [9.17, 15) is 19.8 Å². The molecule has 4 atom stereocenters. The van der Waals surface area contributed by atoms with Crippen LogP contribution in [0.25, 0.3) is 11.0 Å². The maximum Gasteiger partial charge on any atom is 0.360 e. The molecule has 1 aliphatic rings. The highest BCUT2D eigenvalue weighted by Gasteiger charge is 2.50. The van der Waals surface area contributed by atoms with E-state index < -0.39 is 35.8 Å². The number of hydrogen-bond donors (Lipinski definition) is 3. The monoisotopic (exact) mass is 393 g/mol. The van der Waals surface area contributed by atoms with Gasteiger partial charge in [0.05, 0.1) is 5.60 Å². The average Bonchev–Trinajstić information content (AvgIpc) is 2.60. The van der Waals surface area contributed by atoms with Crippen LogP contribution in [-0.4, -0.2) is 53.4 Å². The Morgan fingerprint density at radius 1 is 1.21 bits per heavy atom. The van der Waals surface area contributed by atoms with Crippen molar-refractivity contribution in [3.63, 3.8) is 0 Å². The van der Waals surface area contributed by atoms with Gasteiger partial charge >= 0.3 is 5.63 Å². The van der Waals surface area contributed by atoms with E-state index in [2.05, 4.69) is 5.32 Å². The number of carbonyl (C=O) groups excluding carboxylic acids is 1. The van der Waals surface area contributed by atoms with Crippen molar-refractivity contribution >= 4 is 22.6 Å². The number of carbonyl (C=O) groups is 1. The zero-order chi connectivity index (χ0) is 20.6. The number of aliphatic hydroxyl groups excluding tert-OH is 2. The standard InChI is InChI=1S/C19H23NO8/c1-9(21)20-12-7-10-5-6-11(8-13(10)27-17(12)24)26-18-15(23)14(22)16(25-4)19(2,3)28-18/h5-8,14-16,18,22-23H,1-4H3,(H,20,21)/t14-,15?,16-,18-/m1/s1. The van der Waals surface area contributed by atoms with E-state index in [4.69, 9.17) is 18.6 Å². The van der Waals surface area contributed by atoms with E-state index in [1.165, 1.54) is 26.2 Å². The summed E-state index contributed by atoms with van der Waals surface area (Å²) >= 11 is 0. The minimum atomic E-state index is -1.34. The highest BCUT2D eigenvalue weighted by Crippen LogP contribution is 2.33. The van der Waals surface area contributed by atoms with Crippen LogP contribution < -0.4 is 15.7 Å². The molecule has 1 amide bonds. The largest absolute Gasteiger partial charge is 0.462 e. The van der Waals surface area contributed by atoms with Gasteiger partial charge in [0, 0.05) is 25.5 Å². The topological polar surface area (TPSA) is 127 Å². The van der Waals surface area contributed by atoms with Crippen LogP contribution in [0.1, 0.15) is 20.8 Å². The van der Waals surface area contributed by atoms with Gasteiger partial charge in [0.25, 0.3) is 0 Å². The van der Waals surface area contributed by atoms with Crippen LogP contribution >= 0.6 is 0 Å². The van der Waals surface area contributed by atoms with Crippen LogP contribution in [0.3, 0.4) is 0 Å². The molecule has 1 unspecified atom stereocenters. The summed E-state index contributed by atoms with van der Waals surface area (Å²) in [5.41, 5.74) is -1.34. The lowest BCUT2D eigenvalue weighted by Crippen LogP contribution is -2.63. The number of methoxy groups -OCH3 is 1. The predicted molar refractivity (Wildman–Crippen MR) is 99.2 cm³/mol. The van der Waals surface area contributed by atoms with Crippen LogP contribution in [0.15, 0.2) is 33.5 Å². The van der Waals surface area contributed by atoms with E-state index >= 15 is 0 Å². The van der Waals surface area contributed by atoms with Crippen LogP contribution in [0.4, 0.5) is 5.69 Å². The number of hydrogen-bond acceptors (Lipinski definition) is 8. The third-order valence-electron chi connectivity index (χ3n) is 4.57. The second kappa shape index (κ2) is 7.51. The van der Waals surface area contributed by atoms with Gasteiger partial charge in [-0.2, -0.15) is 0 Å². The van der Waals surface area contributed by atoms with Crippen LogP contribution in [0, 0.1) is 0 Å². The van der Waals surface area contributed by atoms with Gasteiger partial charge in [0.15, 0.2) is 0 Å². The van der Waals surface area contributed by atoms with Crippen molar-refractivity contribution in [1.82, 2.24) is 0 Å². The molecule has 0 saturated carbocycles. The molecule has 3 N–H and O–H groups in total. The molecular formula is C19H23NO8. The lowest BCUT2D eigenvalue weighted by molar-refractivity contribution is -0.305. The first-order chi connectivity index (χ1) is 13.1. The van der Waals surface area contributed by atoms with E-state index in [1.807, 2.05) is 0 Å². The van der Waals surface area contributed by atoms with E-state index in [1.54, 1.807) is 26.0 Å². The van der Waals surface area contributed by atoms with Crippen LogP contribution in [0.5, 0.6) is 5.75 Å². The minimum absolute atomic E-state index is 0.0372. The molecule has 152 valence electrons. The molecule has 0 radical (unpaired) electrons. The zero-order valence-corrected chi connectivity index (χ0v) is 16.0. The number of aliphatic hydroxyl groups is 2. The SMILES string of the molecule is CO[C@@H]1[C@H](O)C(O)[C@H](Oc2ccc3cc(NC(C)=O)c(=O)oc3c2)OC1(C)C. The third kappa shape index (κ3) is 3.88. The van der Waals surface area contributed by atoms with Gasteiger partial charge in [0.2, 0.25) is 12.2 Å². The normalized spacial score (nSPS) is 26.8. The lowest BCUT2D eigenvalue weighted by Gasteiger charge is -2.46. The van der Waals surface area contributed by atoms with Gasteiger partial charge in [-0.05, 0) is 32.0 Å². The summed E-state index contributed by atoms with van der Waals surface area (Å²) in [5.74, 6) is -0.114. The summed E-state index contributed by atoms with van der Waals surface area (Å²) in [4.78, 5) is 23.1. The molecule has 1 fully saturated rings. The lowest BCUT2D eigenvalue weighted by atomic mass is 9.89. The predicted octanol–water partition coefficient (Wildman–Crippen LogP) is 1.00. The van der Waals surface area contributed by atoms with Crippen molar-refractivity contribution in [2.45, 2.75) is 51.0 Å². The van der Waals surface area contributed by atoms with Gasteiger partial charge in [-0.3, -0.25) is 4.79 Å². The highest BCUT2D eigenvalue weighted by atomic mass is 16.7. The molecule has 1 saturated heterocycles. The first-order valence-electron chi connectivity index (χ1n) is 8.71. The molecule has 3 rings (SSSR count). The van der Waals surface area contributed by atoms with E-state index in [0.29, 0.717) is 5.39 Å². The van der Waals surface area contributed by atoms with Gasteiger partial charge in [-0.15, -0.1) is 0 Å². The smallest absolute Gasteiger partial charge is 0.360 e. The molecule has 9 heteroatoms. The quantitative estimate of drug-likeness (QED) is 0.657. The van der Waals surface area contributed by atoms with Crippen molar-refractivity contribution in [2.24, 2.45) is 0 Å². The zero-order valence-electron chi connectivity index (χ0n) is 16.0. The van der Waals surface area contributed by atoms with E-state index in [0.717, 1.165) is 0 Å². The highest BCUT2D eigenvalue weighted by molar-refractivity contribution is 5.91. The number of rotatable bonds is 4. The maximum atomic E-state index is 12.0. The Morgan fingerprint density at radius 3 is 2.57 bits per heavy atom. The Morgan fingerprint density at radius 2 is 1.93 bits per heavy atom. The molecule has 28 heavy (non-hydrogen) atoms. The number of benzene rings is 1.